The molecule has 0 aromatic heterocycles. The molecule has 1 aliphatic rings. The third kappa shape index (κ3) is 2.93. The molecule has 4 nitrogen and oxygen atoms in total. The van der Waals surface area contributed by atoms with Crippen LogP contribution in [-0.2, 0) is 11.3 Å². The molecule has 1 fully saturated rings. The quantitative estimate of drug-likeness (QED) is 0.858. The van der Waals surface area contributed by atoms with Crippen molar-refractivity contribution in [3.8, 4) is 0 Å². The van der Waals surface area contributed by atoms with E-state index in [1.54, 1.807) is 18.2 Å². The van der Waals surface area contributed by atoms with E-state index < -0.39 is 0 Å². The molecule has 0 spiro atoms. The van der Waals surface area contributed by atoms with E-state index in [-0.39, 0.29) is 29.0 Å². The van der Waals surface area contributed by atoms with Gasteiger partial charge in [0.2, 0.25) is 0 Å². The summed E-state index contributed by atoms with van der Waals surface area (Å²) in [6, 6.07) is 4.90. The first kappa shape index (κ1) is 16.3. The minimum Gasteiger partial charge on any atom is -0.301 e. The lowest BCUT2D eigenvalue weighted by atomic mass is 10.2. The van der Waals surface area contributed by atoms with E-state index in [9.17, 15) is 9.59 Å². The minimum atomic E-state index is -0.251. The molecule has 1 saturated heterocycles. The molecule has 1 aromatic rings. The molecule has 0 radical (unpaired) electrons. The SMILES string of the molecule is CC[N+]1(C(=O)NCc2ccc(Cl)cc2Cl)C(=O)CC[C@H]1C. The Bertz CT molecular complexity index is 577. The number of hydrogen-bond acceptors (Lipinski definition) is 2. The highest BCUT2D eigenvalue weighted by molar-refractivity contribution is 6.35. The van der Waals surface area contributed by atoms with Gasteiger partial charge in [0.15, 0.2) is 0 Å². The highest BCUT2D eigenvalue weighted by atomic mass is 35.5. The molecule has 1 unspecified atom stereocenters. The van der Waals surface area contributed by atoms with Crippen molar-refractivity contribution in [2.75, 3.05) is 6.54 Å². The number of quaternary nitrogens is 1. The Hall–Kier alpha value is -1.10. The molecule has 1 aliphatic heterocycles. The van der Waals surface area contributed by atoms with Crippen molar-refractivity contribution < 1.29 is 14.1 Å². The molecular weight excluding hydrogens is 311 g/mol. The van der Waals surface area contributed by atoms with E-state index >= 15 is 0 Å². The lowest BCUT2D eigenvalue weighted by Crippen LogP contribution is -2.61. The molecule has 1 aromatic carbocycles. The van der Waals surface area contributed by atoms with Crippen molar-refractivity contribution in [1.29, 1.82) is 0 Å². The zero-order valence-electron chi connectivity index (χ0n) is 12.2. The van der Waals surface area contributed by atoms with Crippen molar-refractivity contribution in [3.05, 3.63) is 33.8 Å². The number of carbonyl (C=O) groups excluding carboxylic acids is 2. The summed E-state index contributed by atoms with van der Waals surface area (Å²) < 4.78 is -0.120. The number of rotatable bonds is 3. The van der Waals surface area contributed by atoms with E-state index in [4.69, 9.17) is 23.2 Å². The zero-order chi connectivity index (χ0) is 15.6. The van der Waals surface area contributed by atoms with Crippen LogP contribution in [-0.4, -0.2) is 29.0 Å². The van der Waals surface area contributed by atoms with E-state index in [0.717, 1.165) is 12.0 Å². The topological polar surface area (TPSA) is 46.2 Å². The summed E-state index contributed by atoms with van der Waals surface area (Å²) in [6.45, 7) is 4.58. The fourth-order valence-electron chi connectivity index (χ4n) is 2.92. The van der Waals surface area contributed by atoms with Crippen LogP contribution >= 0.6 is 23.2 Å². The number of amides is 3. The summed E-state index contributed by atoms with van der Waals surface area (Å²) in [4.78, 5) is 24.7. The van der Waals surface area contributed by atoms with E-state index in [1.165, 1.54) is 0 Å². The number of hydrogen-bond donors (Lipinski definition) is 1. The molecule has 3 amide bonds. The maximum atomic E-state index is 12.5. The molecule has 0 bridgehead atoms. The largest absolute Gasteiger partial charge is 0.424 e. The predicted octanol–water partition coefficient (Wildman–Crippen LogP) is 3.75. The second kappa shape index (κ2) is 6.34. The highest BCUT2D eigenvalue weighted by Gasteiger charge is 2.52. The maximum absolute atomic E-state index is 12.5. The standard InChI is InChI=1S/C15H18Cl2N2O2/c1-3-19(10(2)4-7-14(19)20)15(21)18-9-11-5-6-12(16)8-13(11)17/h5-6,8,10H,3-4,7,9H2,1-2H3/p+1/t10-,19?/m1/s1. The van der Waals surface area contributed by atoms with Crippen LogP contribution in [0.5, 0.6) is 0 Å². The Morgan fingerprint density at radius 1 is 1.43 bits per heavy atom. The average Bonchev–Trinajstić information content (AvgIpc) is 2.73. The second-order valence-electron chi connectivity index (χ2n) is 5.36. The average molecular weight is 330 g/mol. The Balaban J connectivity index is 2.12. The van der Waals surface area contributed by atoms with Gasteiger partial charge in [-0.25, -0.2) is 9.59 Å². The summed E-state index contributed by atoms with van der Waals surface area (Å²) in [5.41, 5.74) is 0.781. The Kier molecular flexibility index (Phi) is 4.91. The van der Waals surface area contributed by atoms with Crippen LogP contribution in [0.15, 0.2) is 18.2 Å². The van der Waals surface area contributed by atoms with E-state index in [1.807, 2.05) is 13.8 Å². The molecular formula is C15H19Cl2N2O2+. The zero-order valence-corrected chi connectivity index (χ0v) is 13.7. The van der Waals surface area contributed by atoms with Gasteiger partial charge in [-0.2, -0.15) is 4.48 Å². The van der Waals surface area contributed by atoms with Gasteiger partial charge < -0.3 is 5.32 Å². The Morgan fingerprint density at radius 3 is 2.67 bits per heavy atom. The third-order valence-corrected chi connectivity index (χ3v) is 4.87. The fraction of sp³-hybridized carbons (Fsp3) is 0.467. The van der Waals surface area contributed by atoms with Crippen LogP contribution in [0.4, 0.5) is 4.79 Å². The van der Waals surface area contributed by atoms with Crippen LogP contribution in [0.25, 0.3) is 0 Å². The summed E-state index contributed by atoms with van der Waals surface area (Å²) in [5, 5.41) is 3.90. The Labute approximate surface area is 134 Å². The highest BCUT2D eigenvalue weighted by Crippen LogP contribution is 2.29. The van der Waals surface area contributed by atoms with E-state index in [0.29, 0.717) is 23.0 Å². The number of carbonyl (C=O) groups is 2. The first-order valence-corrected chi connectivity index (χ1v) is 7.81. The molecule has 1 N–H and O–H groups in total. The fourth-order valence-corrected chi connectivity index (χ4v) is 3.40. The van der Waals surface area contributed by atoms with Crippen LogP contribution in [0, 0.1) is 0 Å². The van der Waals surface area contributed by atoms with Crippen molar-refractivity contribution in [2.45, 2.75) is 39.3 Å². The van der Waals surface area contributed by atoms with Gasteiger partial charge in [-0.15, -0.1) is 0 Å². The second-order valence-corrected chi connectivity index (χ2v) is 6.20. The molecule has 6 heteroatoms. The first-order chi connectivity index (χ1) is 9.91. The normalized spacial score (nSPS) is 25.1. The number of imide groups is 1. The molecule has 0 aliphatic carbocycles. The van der Waals surface area contributed by atoms with Crippen molar-refractivity contribution in [2.24, 2.45) is 0 Å². The van der Waals surface area contributed by atoms with Crippen LogP contribution in [0.3, 0.4) is 0 Å². The van der Waals surface area contributed by atoms with E-state index in [2.05, 4.69) is 5.32 Å². The van der Waals surface area contributed by atoms with Crippen LogP contribution < -0.4 is 5.32 Å². The van der Waals surface area contributed by atoms with Crippen LogP contribution in [0.2, 0.25) is 10.0 Å². The number of benzene rings is 1. The minimum absolute atomic E-state index is 0.00953. The number of halogens is 2. The molecule has 0 saturated carbocycles. The van der Waals surface area contributed by atoms with Crippen molar-refractivity contribution in [3.63, 3.8) is 0 Å². The molecule has 2 atom stereocenters. The maximum Gasteiger partial charge on any atom is 0.424 e. The smallest absolute Gasteiger partial charge is 0.301 e. The number of urea groups is 1. The van der Waals surface area contributed by atoms with Gasteiger partial charge in [0, 0.05) is 23.0 Å². The van der Waals surface area contributed by atoms with Gasteiger partial charge >= 0.3 is 11.9 Å². The third-order valence-electron chi connectivity index (χ3n) is 4.28. The van der Waals surface area contributed by atoms with Gasteiger partial charge in [0.05, 0.1) is 13.0 Å². The van der Waals surface area contributed by atoms with Crippen molar-refractivity contribution in [1.82, 2.24) is 5.32 Å². The molecule has 114 valence electrons. The van der Waals surface area contributed by atoms with Gasteiger partial charge in [-0.05, 0) is 31.5 Å². The molecule has 1 heterocycles. The predicted molar refractivity (Wildman–Crippen MR) is 83.2 cm³/mol. The molecule has 21 heavy (non-hydrogen) atoms. The van der Waals surface area contributed by atoms with Gasteiger partial charge in [-0.3, -0.25) is 0 Å². The number of nitrogens with one attached hydrogen (secondary N) is 1. The van der Waals surface area contributed by atoms with Crippen LogP contribution in [0.1, 0.15) is 32.3 Å². The first-order valence-electron chi connectivity index (χ1n) is 7.05. The van der Waals surface area contributed by atoms with Gasteiger partial charge in [-0.1, -0.05) is 29.3 Å². The molecule has 2 rings (SSSR count). The number of nitrogens with zero attached hydrogens (tertiary/aromatic N) is 1. The van der Waals surface area contributed by atoms with Crippen molar-refractivity contribution >= 4 is 35.1 Å². The van der Waals surface area contributed by atoms with Gasteiger partial charge in [0.1, 0.15) is 6.04 Å². The summed E-state index contributed by atoms with van der Waals surface area (Å²) in [6.07, 6.45) is 1.21. The summed E-state index contributed by atoms with van der Waals surface area (Å²) >= 11 is 11.9. The lowest BCUT2D eigenvalue weighted by molar-refractivity contribution is -0.788. The lowest BCUT2D eigenvalue weighted by Gasteiger charge is -2.31. The summed E-state index contributed by atoms with van der Waals surface area (Å²) in [5.74, 6) is -0.00953. The number of likely N-dealkylation sites (tertiary alicyclic amines) is 1. The monoisotopic (exact) mass is 329 g/mol. The Morgan fingerprint density at radius 2 is 2.14 bits per heavy atom. The summed E-state index contributed by atoms with van der Waals surface area (Å²) in [7, 11) is 0. The van der Waals surface area contributed by atoms with Gasteiger partial charge in [0.25, 0.3) is 0 Å².